The minimum atomic E-state index is 0.388. The van der Waals surface area contributed by atoms with Crippen molar-refractivity contribution < 1.29 is 4.54 Å². The number of aromatic amines is 1. The van der Waals surface area contributed by atoms with Crippen molar-refractivity contribution in [2.45, 2.75) is 26.7 Å². The molecule has 66 valence electrons. The molecule has 1 aromatic rings. The summed E-state index contributed by atoms with van der Waals surface area (Å²) in [5, 5.41) is 2.85. The van der Waals surface area contributed by atoms with Crippen LogP contribution in [0.2, 0.25) is 5.15 Å². The second kappa shape index (κ2) is 3.72. The van der Waals surface area contributed by atoms with Gasteiger partial charge in [0.05, 0.1) is 4.91 Å². The molecule has 12 heavy (non-hydrogen) atoms. The highest BCUT2D eigenvalue weighted by Gasteiger charge is 2.10. The lowest BCUT2D eigenvalue weighted by Gasteiger charge is -1.95. The third-order valence-electron chi connectivity index (χ3n) is 1.80. The number of aryl methyl sites for hydroxylation is 1. The van der Waals surface area contributed by atoms with Crippen LogP contribution in [0.3, 0.4) is 0 Å². The lowest BCUT2D eigenvalue weighted by molar-refractivity contribution is -0.571. The second-order valence-electron chi connectivity index (χ2n) is 2.76. The summed E-state index contributed by atoms with van der Waals surface area (Å²) in [6.45, 7) is 3.85. The summed E-state index contributed by atoms with van der Waals surface area (Å²) < 4.78 is 0.702. The smallest absolute Gasteiger partial charge is 0.103 e. The normalized spacial score (nSPS) is 10.2. The fraction of sp³-hybridized carbons (Fsp3) is 0.500. The Morgan fingerprint density at radius 2 is 2.33 bits per heavy atom. The van der Waals surface area contributed by atoms with Crippen molar-refractivity contribution in [1.82, 2.24) is 5.10 Å². The van der Waals surface area contributed by atoms with Crippen molar-refractivity contribution in [3.63, 3.8) is 0 Å². The first-order valence-corrected chi connectivity index (χ1v) is 4.33. The van der Waals surface area contributed by atoms with Crippen LogP contribution in [-0.4, -0.2) is 5.10 Å². The Kier molecular flexibility index (Phi) is 2.87. The second-order valence-corrected chi connectivity index (χ2v) is 3.17. The van der Waals surface area contributed by atoms with Crippen molar-refractivity contribution >= 4 is 11.6 Å². The van der Waals surface area contributed by atoms with E-state index in [1.165, 1.54) is 0 Å². The number of hydrogen-bond donors (Lipinski definition) is 1. The summed E-state index contributed by atoms with van der Waals surface area (Å²) in [7, 11) is 0. The summed E-state index contributed by atoms with van der Waals surface area (Å²) in [4.78, 5) is 11.1. The first kappa shape index (κ1) is 9.26. The highest BCUT2D eigenvalue weighted by Crippen LogP contribution is 2.09. The van der Waals surface area contributed by atoms with Crippen LogP contribution in [0.1, 0.15) is 24.6 Å². The van der Waals surface area contributed by atoms with Gasteiger partial charge in [-0.2, -0.15) is 0 Å². The number of halogens is 1. The summed E-state index contributed by atoms with van der Waals surface area (Å²) in [6, 6.07) is 1.80. The van der Waals surface area contributed by atoms with Crippen molar-refractivity contribution in [1.29, 1.82) is 0 Å². The predicted octanol–water partition coefficient (Wildman–Crippen LogP) is 1.84. The molecule has 0 unspecified atom stereocenters. The topological polar surface area (TPSA) is 38.8 Å². The molecule has 0 aliphatic carbocycles. The van der Waals surface area contributed by atoms with Gasteiger partial charge in [-0.3, -0.25) is 0 Å². The zero-order valence-electron chi connectivity index (χ0n) is 7.22. The monoisotopic (exact) mass is 187 g/mol. The van der Waals surface area contributed by atoms with E-state index in [1.807, 2.05) is 0 Å². The molecule has 0 amide bonds. The van der Waals surface area contributed by atoms with Gasteiger partial charge in [0.25, 0.3) is 5.69 Å². The quantitative estimate of drug-likeness (QED) is 0.706. The largest absolute Gasteiger partial charge is 0.269 e. The van der Waals surface area contributed by atoms with Gasteiger partial charge in [0.2, 0.25) is 0 Å². The van der Waals surface area contributed by atoms with E-state index in [0.717, 1.165) is 18.4 Å². The third kappa shape index (κ3) is 1.85. The minimum Gasteiger partial charge on any atom is -0.103 e. The highest BCUT2D eigenvalue weighted by atomic mass is 35.5. The first-order chi connectivity index (χ1) is 5.65. The summed E-state index contributed by atoms with van der Waals surface area (Å²) in [6.07, 6.45) is 1.91. The molecule has 1 aromatic heterocycles. The summed E-state index contributed by atoms with van der Waals surface area (Å²) in [5.74, 6) is 0. The number of H-pyrrole nitrogens is 1. The molecule has 4 heteroatoms. The van der Waals surface area contributed by atoms with Gasteiger partial charge in [0, 0.05) is 12.5 Å². The van der Waals surface area contributed by atoms with Gasteiger partial charge in [-0.1, -0.05) is 24.9 Å². The van der Waals surface area contributed by atoms with Crippen LogP contribution >= 0.6 is 11.6 Å². The molecule has 0 saturated carbocycles. The van der Waals surface area contributed by atoms with Gasteiger partial charge >= 0.3 is 0 Å². The van der Waals surface area contributed by atoms with Crippen LogP contribution in [0.25, 0.3) is 0 Å². The molecule has 1 N–H and O–H groups in total. The van der Waals surface area contributed by atoms with E-state index >= 15 is 0 Å². The van der Waals surface area contributed by atoms with Crippen molar-refractivity contribution in [3.8, 4) is 0 Å². The number of nitrogens with one attached hydrogen (secondary N) is 1. The molecule has 1 heterocycles. The average Bonchev–Trinajstić information content (AvgIpc) is 2.00. The Morgan fingerprint density at radius 3 is 2.92 bits per heavy atom. The maximum absolute atomic E-state index is 11.1. The SMILES string of the molecule is CCCc1cc(Cl)[nH][n+](=O)c1C. The Balaban J connectivity index is 3.18. The summed E-state index contributed by atoms with van der Waals surface area (Å²) >= 11 is 5.68. The van der Waals surface area contributed by atoms with Crippen LogP contribution in [0, 0.1) is 11.8 Å². The van der Waals surface area contributed by atoms with Crippen molar-refractivity contribution in [2.24, 2.45) is 0 Å². The fourth-order valence-electron chi connectivity index (χ4n) is 1.12. The van der Waals surface area contributed by atoms with Gasteiger partial charge in [-0.25, -0.2) is 0 Å². The van der Waals surface area contributed by atoms with E-state index in [1.54, 1.807) is 13.0 Å². The van der Waals surface area contributed by atoms with Crippen LogP contribution in [0.15, 0.2) is 6.07 Å². The van der Waals surface area contributed by atoms with E-state index in [-0.39, 0.29) is 0 Å². The van der Waals surface area contributed by atoms with Crippen molar-refractivity contribution in [2.75, 3.05) is 0 Å². The molecule has 0 aliphatic rings. The Morgan fingerprint density at radius 1 is 1.67 bits per heavy atom. The molecule has 3 nitrogen and oxygen atoms in total. The van der Waals surface area contributed by atoms with Crippen LogP contribution in [0.5, 0.6) is 0 Å². The number of rotatable bonds is 2. The van der Waals surface area contributed by atoms with Crippen LogP contribution in [0.4, 0.5) is 0 Å². The molecule has 0 bridgehead atoms. The molecule has 1 rings (SSSR count). The van der Waals surface area contributed by atoms with Crippen LogP contribution < -0.4 is 4.54 Å². The molecule has 0 spiro atoms. The molecule has 0 atom stereocenters. The van der Waals surface area contributed by atoms with E-state index in [9.17, 15) is 4.91 Å². The zero-order valence-corrected chi connectivity index (χ0v) is 7.98. The van der Waals surface area contributed by atoms with Gasteiger partial charge in [-0.15, -0.1) is 5.10 Å². The molecule has 0 radical (unpaired) electrons. The maximum atomic E-state index is 11.1. The number of aromatic nitrogens is 2. The third-order valence-corrected chi connectivity index (χ3v) is 1.99. The molecular weight excluding hydrogens is 176 g/mol. The lowest BCUT2D eigenvalue weighted by Crippen LogP contribution is -2.25. The van der Waals surface area contributed by atoms with Gasteiger partial charge in [0.15, 0.2) is 9.70 Å². The van der Waals surface area contributed by atoms with E-state index in [0.29, 0.717) is 15.4 Å². The maximum Gasteiger partial charge on any atom is 0.269 e. The predicted molar refractivity (Wildman–Crippen MR) is 47.9 cm³/mol. The molecule has 0 saturated heterocycles. The van der Waals surface area contributed by atoms with Crippen molar-refractivity contribution in [3.05, 3.63) is 27.4 Å². The van der Waals surface area contributed by atoms with Crippen LogP contribution in [-0.2, 0) is 6.42 Å². The summed E-state index contributed by atoms with van der Waals surface area (Å²) in [5.41, 5.74) is 1.71. The van der Waals surface area contributed by atoms with E-state index < -0.39 is 0 Å². The van der Waals surface area contributed by atoms with Gasteiger partial charge in [-0.05, 0) is 12.5 Å². The Bertz CT molecular complexity index is 332. The van der Waals surface area contributed by atoms with E-state index in [4.69, 9.17) is 11.6 Å². The average molecular weight is 188 g/mol. The first-order valence-electron chi connectivity index (χ1n) is 3.96. The van der Waals surface area contributed by atoms with Gasteiger partial charge < -0.3 is 0 Å². The highest BCUT2D eigenvalue weighted by molar-refractivity contribution is 6.29. The standard InChI is InChI=1S/C8H12ClN2O/c1-3-4-7-5-8(9)10-11(12)6(7)2/h5H,3-4H2,1-2H3,(H,10,12)/q+1. The lowest BCUT2D eigenvalue weighted by atomic mass is 10.1. The Hall–Kier alpha value is -0.830. The van der Waals surface area contributed by atoms with E-state index in [2.05, 4.69) is 12.0 Å². The number of nitrogens with zero attached hydrogens (tertiary/aromatic N) is 1. The fourth-order valence-corrected chi connectivity index (χ4v) is 1.33. The molecular formula is C8H12ClN2O+. The minimum absolute atomic E-state index is 0.388. The molecule has 0 fully saturated rings. The Labute approximate surface area is 76.0 Å². The molecule has 0 aromatic carbocycles. The number of hydrogen-bond acceptors (Lipinski definition) is 1. The van der Waals surface area contributed by atoms with Gasteiger partial charge in [0.1, 0.15) is 0 Å². The zero-order chi connectivity index (χ0) is 9.14. The molecule has 0 aliphatic heterocycles.